The van der Waals surface area contributed by atoms with Gasteiger partial charge in [0.05, 0.1) is 15.7 Å². The molecule has 1 aromatic heterocycles. The first-order valence-electron chi connectivity index (χ1n) is 7.35. The number of rotatable bonds is 5. The van der Waals surface area contributed by atoms with Crippen molar-refractivity contribution in [3.8, 4) is 5.75 Å². The van der Waals surface area contributed by atoms with Gasteiger partial charge in [0.25, 0.3) is 0 Å². The van der Waals surface area contributed by atoms with E-state index in [1.54, 1.807) is 12.2 Å². The third kappa shape index (κ3) is 4.97. The zero-order chi connectivity index (χ0) is 18.8. The quantitative estimate of drug-likeness (QED) is 0.507. The van der Waals surface area contributed by atoms with Crippen LogP contribution < -0.4 is 16.2 Å². The summed E-state index contributed by atoms with van der Waals surface area (Å²) < 4.78 is 47.4. The number of nitrogens with two attached hydrogens (primary N) is 2. The van der Waals surface area contributed by atoms with Crippen LogP contribution in [0.2, 0.25) is 0 Å². The van der Waals surface area contributed by atoms with Gasteiger partial charge in [0.15, 0.2) is 11.6 Å². The molecule has 2 atom stereocenters. The summed E-state index contributed by atoms with van der Waals surface area (Å²) in [7, 11) is 0. The van der Waals surface area contributed by atoms with Crippen LogP contribution in [0.4, 0.5) is 24.9 Å². The molecule has 4 N–H and O–H groups in total. The Morgan fingerprint density at radius 1 is 1.36 bits per heavy atom. The van der Waals surface area contributed by atoms with Crippen LogP contribution in [0.1, 0.15) is 13.8 Å². The normalized spacial score (nSPS) is 23.6. The molecule has 0 amide bonds. The molecule has 138 valence electrons. The first-order chi connectivity index (χ1) is 11.5. The van der Waals surface area contributed by atoms with Crippen LogP contribution in [0.25, 0.3) is 0 Å². The fraction of sp³-hybridized carbons (Fsp3) is 0.467. The predicted octanol–water partition coefficient (Wildman–Crippen LogP) is 3.25. The van der Waals surface area contributed by atoms with Crippen molar-refractivity contribution in [2.24, 2.45) is 5.92 Å². The van der Waals surface area contributed by atoms with E-state index in [1.165, 1.54) is 12.3 Å². The van der Waals surface area contributed by atoms with Crippen molar-refractivity contribution in [2.75, 3.05) is 18.1 Å². The Labute approximate surface area is 156 Å². The minimum atomic E-state index is -4.39. The number of alkyl halides is 4. The molecule has 0 radical (unpaired) electrons. The zero-order valence-corrected chi connectivity index (χ0v) is 15.7. The van der Waals surface area contributed by atoms with Crippen LogP contribution >= 0.6 is 22.6 Å². The summed E-state index contributed by atoms with van der Waals surface area (Å²) in [4.78, 5) is 7.61. The molecule has 0 fully saturated rings. The van der Waals surface area contributed by atoms with E-state index in [1.807, 2.05) is 13.8 Å². The average molecular weight is 470 g/mol. The number of hydrogen-bond acceptors (Lipinski definition) is 6. The Kier molecular flexibility index (Phi) is 5.82. The summed E-state index contributed by atoms with van der Waals surface area (Å²) in [6.45, 7) is 2.47. The van der Waals surface area contributed by atoms with E-state index >= 15 is 0 Å². The number of anilines is 2. The van der Waals surface area contributed by atoms with Gasteiger partial charge in [-0.1, -0.05) is 42.5 Å². The number of nitrogen functional groups attached to an aromatic ring is 2. The van der Waals surface area contributed by atoms with Gasteiger partial charge < -0.3 is 20.9 Å². The van der Waals surface area contributed by atoms with Crippen molar-refractivity contribution in [1.82, 2.24) is 9.97 Å². The molecule has 2 rings (SSSR count). The van der Waals surface area contributed by atoms with Crippen molar-refractivity contribution in [3.63, 3.8) is 0 Å². The summed E-state index contributed by atoms with van der Waals surface area (Å²) in [5.74, 6) is 0.692. The summed E-state index contributed by atoms with van der Waals surface area (Å²) in [6, 6.07) is 0. The molecule has 0 bridgehead atoms. The van der Waals surface area contributed by atoms with Crippen LogP contribution in [0.3, 0.4) is 0 Å². The molecule has 10 heteroatoms. The highest BCUT2D eigenvalue weighted by molar-refractivity contribution is 14.1. The largest absolute Gasteiger partial charge is 0.452 e. The van der Waals surface area contributed by atoms with E-state index in [0.717, 1.165) is 0 Å². The lowest BCUT2D eigenvalue weighted by molar-refractivity contribution is -0.182. The van der Waals surface area contributed by atoms with Crippen molar-refractivity contribution >= 4 is 34.4 Å². The zero-order valence-electron chi connectivity index (χ0n) is 13.5. The fourth-order valence-electron chi connectivity index (χ4n) is 2.21. The van der Waals surface area contributed by atoms with Crippen LogP contribution in [0, 0.1) is 5.92 Å². The fourth-order valence-corrected chi connectivity index (χ4v) is 2.90. The number of aromatic nitrogens is 2. The van der Waals surface area contributed by atoms with E-state index in [9.17, 15) is 13.2 Å². The molecule has 1 aliphatic rings. The van der Waals surface area contributed by atoms with Gasteiger partial charge in [-0.05, 0) is 18.1 Å². The smallest absolute Gasteiger partial charge is 0.411 e. The van der Waals surface area contributed by atoms with Crippen molar-refractivity contribution < 1.29 is 22.6 Å². The Morgan fingerprint density at radius 3 is 2.60 bits per heavy atom. The minimum Gasteiger partial charge on any atom is -0.452 e. The third-order valence-corrected chi connectivity index (χ3v) is 5.75. The second-order valence-electron chi connectivity index (χ2n) is 5.81. The first-order valence-corrected chi connectivity index (χ1v) is 8.43. The molecule has 1 aromatic rings. The maximum absolute atomic E-state index is 12.5. The lowest BCUT2D eigenvalue weighted by Gasteiger charge is -2.37. The second-order valence-corrected chi connectivity index (χ2v) is 7.68. The average Bonchev–Trinajstić information content (AvgIpc) is 2.48. The number of ether oxygens (including phenoxy) is 2. The molecule has 25 heavy (non-hydrogen) atoms. The molecule has 0 saturated heterocycles. The van der Waals surface area contributed by atoms with Crippen LogP contribution in [-0.2, 0) is 4.74 Å². The first kappa shape index (κ1) is 19.8. The Hall–Kier alpha value is -1.56. The van der Waals surface area contributed by atoms with E-state index in [4.69, 9.17) is 20.9 Å². The maximum Gasteiger partial charge on any atom is 0.411 e. The lowest BCUT2D eigenvalue weighted by atomic mass is 9.86. The summed E-state index contributed by atoms with van der Waals surface area (Å²) >= 11 is 2.08. The van der Waals surface area contributed by atoms with Gasteiger partial charge in [0, 0.05) is 0 Å². The van der Waals surface area contributed by atoms with Gasteiger partial charge in [-0.25, -0.2) is 4.98 Å². The summed E-state index contributed by atoms with van der Waals surface area (Å²) in [5, 5.41) is 0. The highest BCUT2D eigenvalue weighted by atomic mass is 127. The van der Waals surface area contributed by atoms with Gasteiger partial charge in [-0.15, -0.1) is 0 Å². The number of allylic oxidation sites excluding steroid dienone is 1. The molecule has 1 heterocycles. The molecule has 0 aromatic carbocycles. The standard InChI is InChI=1S/C15H18F3IN4O2/c1-8(2)14(19)5-9(3-4-11(14)24-7-15(16,17)18)25-10-6-22-13(21)23-12(10)20/h3-6,8,11H,7H2,1-2H3,(H4,20,21,22,23). The van der Waals surface area contributed by atoms with Gasteiger partial charge in [0.2, 0.25) is 5.95 Å². The van der Waals surface area contributed by atoms with Gasteiger partial charge >= 0.3 is 6.18 Å². The third-order valence-electron chi connectivity index (χ3n) is 3.58. The van der Waals surface area contributed by atoms with Crippen molar-refractivity contribution in [2.45, 2.75) is 29.5 Å². The van der Waals surface area contributed by atoms with Gasteiger partial charge in [0.1, 0.15) is 12.4 Å². The van der Waals surface area contributed by atoms with Crippen LogP contribution in [0.15, 0.2) is 30.2 Å². The predicted molar refractivity (Wildman–Crippen MR) is 96.1 cm³/mol. The molecule has 2 unspecified atom stereocenters. The van der Waals surface area contributed by atoms with Crippen molar-refractivity contribution in [3.05, 3.63) is 30.2 Å². The Bertz CT molecular complexity index is 694. The molecular formula is C15H18F3IN4O2. The van der Waals surface area contributed by atoms with Crippen LogP contribution in [-0.4, -0.2) is 32.3 Å². The highest BCUT2D eigenvalue weighted by Crippen LogP contribution is 2.40. The molecule has 0 aliphatic heterocycles. The van der Waals surface area contributed by atoms with Gasteiger partial charge in [-0.2, -0.15) is 18.2 Å². The molecule has 1 aliphatic carbocycles. The van der Waals surface area contributed by atoms with E-state index in [0.29, 0.717) is 5.76 Å². The Balaban J connectivity index is 2.22. The molecular weight excluding hydrogens is 452 g/mol. The maximum atomic E-state index is 12.5. The Morgan fingerprint density at radius 2 is 2.04 bits per heavy atom. The van der Waals surface area contributed by atoms with Crippen LogP contribution in [0.5, 0.6) is 5.75 Å². The number of hydrogen-bond donors (Lipinski definition) is 2. The summed E-state index contributed by atoms with van der Waals surface area (Å²) in [6.07, 6.45) is 0.996. The second kappa shape index (κ2) is 7.36. The van der Waals surface area contributed by atoms with E-state index in [-0.39, 0.29) is 23.4 Å². The number of nitrogens with zero attached hydrogens (tertiary/aromatic N) is 2. The number of halogens is 4. The monoisotopic (exact) mass is 470 g/mol. The highest BCUT2D eigenvalue weighted by Gasteiger charge is 2.42. The summed E-state index contributed by atoms with van der Waals surface area (Å²) in [5.41, 5.74) is 11.2. The molecule has 0 saturated carbocycles. The molecule has 0 spiro atoms. The molecule has 6 nitrogen and oxygen atoms in total. The topological polar surface area (TPSA) is 96.3 Å². The minimum absolute atomic E-state index is 0.0176. The lowest BCUT2D eigenvalue weighted by Crippen LogP contribution is -2.43. The van der Waals surface area contributed by atoms with E-state index in [2.05, 4.69) is 32.6 Å². The van der Waals surface area contributed by atoms with Crippen molar-refractivity contribution in [1.29, 1.82) is 0 Å². The van der Waals surface area contributed by atoms with E-state index < -0.39 is 22.3 Å². The van der Waals surface area contributed by atoms with Gasteiger partial charge in [-0.3, -0.25) is 0 Å². The SMILES string of the molecule is CC(C)C1(I)C=C(Oc2cnc(N)nc2N)C=CC1OCC(F)(F)F.